The lowest BCUT2D eigenvalue weighted by molar-refractivity contribution is -0.135. The molecule has 0 bridgehead atoms. The van der Waals surface area contributed by atoms with Crippen LogP contribution in [0.5, 0.6) is 5.75 Å². The molecular weight excluding hydrogens is 400 g/mol. The van der Waals surface area contributed by atoms with E-state index in [0.29, 0.717) is 13.0 Å². The number of aryl methyl sites for hydroxylation is 2. The molecule has 1 fully saturated rings. The molecule has 1 aromatic heterocycles. The Labute approximate surface area is 178 Å². The van der Waals surface area contributed by atoms with E-state index in [1.54, 1.807) is 11.3 Å². The molecular formula is C23H22N2O4S. The van der Waals surface area contributed by atoms with Crippen LogP contribution in [0.2, 0.25) is 0 Å². The lowest BCUT2D eigenvalue weighted by atomic mass is 10.0. The molecule has 30 heavy (non-hydrogen) atoms. The lowest BCUT2D eigenvalue weighted by Gasteiger charge is -2.07. The highest BCUT2D eigenvalue weighted by Gasteiger charge is 2.31. The zero-order valence-corrected chi connectivity index (χ0v) is 17.4. The summed E-state index contributed by atoms with van der Waals surface area (Å²) in [5, 5.41) is 3.46. The maximum atomic E-state index is 11.4. The highest BCUT2D eigenvalue weighted by molar-refractivity contribution is 7.12. The van der Waals surface area contributed by atoms with E-state index in [0.717, 1.165) is 40.4 Å². The second-order valence-corrected chi connectivity index (χ2v) is 8.40. The highest BCUT2D eigenvalue weighted by Crippen LogP contribution is 2.28. The second kappa shape index (κ2) is 9.09. The normalized spacial score (nSPS) is 15.7. The quantitative estimate of drug-likeness (QED) is 0.422. The number of carbonyl (C=O) groups excluding carboxylic acids is 2. The maximum Gasteiger partial charge on any atom is 0.415 e. The fourth-order valence-electron chi connectivity index (χ4n) is 3.37. The molecule has 2 aromatic carbocycles. The van der Waals surface area contributed by atoms with E-state index in [-0.39, 0.29) is 0 Å². The number of amides is 1. The number of cyclic esters (lactones) is 2. The molecule has 1 amide bonds. The van der Waals surface area contributed by atoms with Crippen molar-refractivity contribution in [2.45, 2.75) is 38.8 Å². The summed E-state index contributed by atoms with van der Waals surface area (Å²) in [5.74, 6) is 0.302. The number of ether oxygens (including phenoxy) is 2. The van der Waals surface area contributed by atoms with Gasteiger partial charge in [-0.05, 0) is 43.9 Å². The van der Waals surface area contributed by atoms with Gasteiger partial charge in [-0.3, -0.25) is 0 Å². The topological polar surface area (TPSA) is 77.5 Å². The van der Waals surface area contributed by atoms with Gasteiger partial charge in [0.25, 0.3) is 0 Å². The van der Waals surface area contributed by atoms with Crippen molar-refractivity contribution >= 4 is 23.4 Å². The molecule has 1 aliphatic heterocycles. The summed E-state index contributed by atoms with van der Waals surface area (Å²) in [6.45, 7) is 2.51. The molecule has 4 rings (SSSR count). The number of hydrogen-bond donors (Lipinski definition) is 1. The van der Waals surface area contributed by atoms with E-state index in [2.05, 4.69) is 29.1 Å². The number of carbonyl (C=O) groups is 2. The summed E-state index contributed by atoms with van der Waals surface area (Å²) in [4.78, 5) is 28.4. The first-order valence-electron chi connectivity index (χ1n) is 9.84. The third-order valence-corrected chi connectivity index (χ3v) is 5.85. The summed E-state index contributed by atoms with van der Waals surface area (Å²) < 4.78 is 10.4. The van der Waals surface area contributed by atoms with Crippen molar-refractivity contribution in [3.05, 3.63) is 70.0 Å². The number of thiazole rings is 1. The molecule has 1 unspecified atom stereocenters. The predicted molar refractivity (Wildman–Crippen MR) is 114 cm³/mol. The molecule has 7 heteroatoms. The van der Waals surface area contributed by atoms with Gasteiger partial charge in [-0.15, -0.1) is 11.3 Å². The largest absolute Gasteiger partial charge is 0.486 e. The molecule has 1 atom stereocenters. The molecule has 3 aromatic rings. The van der Waals surface area contributed by atoms with Crippen LogP contribution in [0.15, 0.2) is 54.6 Å². The van der Waals surface area contributed by atoms with Gasteiger partial charge in [-0.25, -0.2) is 14.6 Å². The Morgan fingerprint density at radius 3 is 2.57 bits per heavy atom. The smallest absolute Gasteiger partial charge is 0.415 e. The van der Waals surface area contributed by atoms with Crippen LogP contribution in [-0.2, 0) is 22.6 Å². The van der Waals surface area contributed by atoms with E-state index in [1.165, 1.54) is 4.88 Å². The SMILES string of the molecule is Cc1sc(COc2ccc(CCCC3NC(=O)OC3=O)cc2)nc1-c1ccccc1. The number of alkyl carbamates (subject to hydrolysis) is 1. The summed E-state index contributed by atoms with van der Waals surface area (Å²) in [5.41, 5.74) is 3.28. The Kier molecular flexibility index (Phi) is 6.09. The minimum absolute atomic E-state index is 0.432. The van der Waals surface area contributed by atoms with Crippen molar-refractivity contribution in [3.63, 3.8) is 0 Å². The van der Waals surface area contributed by atoms with Gasteiger partial charge >= 0.3 is 12.1 Å². The molecule has 0 aliphatic carbocycles. The Hall–Kier alpha value is -3.19. The minimum atomic E-state index is -0.655. The number of hydrogen-bond acceptors (Lipinski definition) is 6. The summed E-state index contributed by atoms with van der Waals surface area (Å²) in [6, 6.07) is 17.6. The van der Waals surface area contributed by atoms with Gasteiger partial charge < -0.3 is 14.8 Å². The average molecular weight is 423 g/mol. The summed E-state index contributed by atoms with van der Waals surface area (Å²) >= 11 is 1.65. The van der Waals surface area contributed by atoms with E-state index in [4.69, 9.17) is 9.72 Å². The molecule has 1 aliphatic rings. The number of rotatable bonds is 8. The highest BCUT2D eigenvalue weighted by atomic mass is 32.1. The van der Waals surface area contributed by atoms with E-state index < -0.39 is 18.1 Å². The minimum Gasteiger partial charge on any atom is -0.486 e. The van der Waals surface area contributed by atoms with Gasteiger partial charge in [0.2, 0.25) is 0 Å². The van der Waals surface area contributed by atoms with Crippen LogP contribution in [-0.4, -0.2) is 23.1 Å². The van der Waals surface area contributed by atoms with Gasteiger partial charge in [-0.1, -0.05) is 42.5 Å². The zero-order valence-electron chi connectivity index (χ0n) is 16.6. The van der Waals surface area contributed by atoms with Crippen molar-refractivity contribution in [3.8, 4) is 17.0 Å². The number of benzene rings is 2. The van der Waals surface area contributed by atoms with Crippen LogP contribution in [0.25, 0.3) is 11.3 Å². The summed E-state index contributed by atoms with van der Waals surface area (Å²) in [6.07, 6.45) is 1.50. The van der Waals surface area contributed by atoms with Crippen LogP contribution in [0.1, 0.15) is 28.3 Å². The molecule has 0 radical (unpaired) electrons. The summed E-state index contributed by atoms with van der Waals surface area (Å²) in [7, 11) is 0. The zero-order chi connectivity index (χ0) is 20.9. The standard InChI is InChI=1S/C23H22N2O4S/c1-15-21(17-7-3-2-4-8-17)25-20(30-15)14-28-18-12-10-16(11-13-18)6-5-9-19-22(26)29-23(27)24-19/h2-4,7-8,10-13,19H,5-6,9,14H2,1H3,(H,24,27). The van der Waals surface area contributed by atoms with Gasteiger partial charge in [0.05, 0.1) is 5.69 Å². The average Bonchev–Trinajstić information content (AvgIpc) is 3.29. The van der Waals surface area contributed by atoms with Gasteiger partial charge in [-0.2, -0.15) is 0 Å². The third kappa shape index (κ3) is 4.86. The van der Waals surface area contributed by atoms with Gasteiger partial charge in [0, 0.05) is 10.4 Å². The molecule has 154 valence electrons. The Morgan fingerprint density at radius 1 is 1.10 bits per heavy atom. The molecule has 6 nitrogen and oxygen atoms in total. The molecule has 2 heterocycles. The number of esters is 1. The molecule has 0 spiro atoms. The fraction of sp³-hybridized carbons (Fsp3) is 0.261. The Bertz CT molecular complexity index is 1030. The van der Waals surface area contributed by atoms with Gasteiger partial charge in [0.1, 0.15) is 23.4 Å². The third-order valence-electron chi connectivity index (χ3n) is 4.90. The van der Waals surface area contributed by atoms with Crippen molar-refractivity contribution in [2.75, 3.05) is 0 Å². The van der Waals surface area contributed by atoms with Crippen LogP contribution in [0.4, 0.5) is 4.79 Å². The molecule has 1 N–H and O–H groups in total. The van der Waals surface area contributed by atoms with Gasteiger partial charge in [0.15, 0.2) is 0 Å². The van der Waals surface area contributed by atoms with Crippen molar-refractivity contribution in [1.82, 2.24) is 10.3 Å². The van der Waals surface area contributed by atoms with E-state index in [1.807, 2.05) is 42.5 Å². The number of nitrogens with one attached hydrogen (secondary N) is 1. The monoisotopic (exact) mass is 422 g/mol. The fourth-order valence-corrected chi connectivity index (χ4v) is 4.24. The number of aromatic nitrogens is 1. The maximum absolute atomic E-state index is 11.4. The van der Waals surface area contributed by atoms with Crippen molar-refractivity contribution in [1.29, 1.82) is 0 Å². The first-order chi connectivity index (χ1) is 14.6. The van der Waals surface area contributed by atoms with Crippen LogP contribution in [0.3, 0.4) is 0 Å². The molecule has 1 saturated heterocycles. The van der Waals surface area contributed by atoms with Crippen LogP contribution in [0, 0.1) is 6.92 Å². The lowest BCUT2D eigenvalue weighted by Crippen LogP contribution is -2.28. The van der Waals surface area contributed by atoms with Crippen LogP contribution >= 0.6 is 11.3 Å². The Morgan fingerprint density at radius 2 is 1.87 bits per heavy atom. The second-order valence-electron chi connectivity index (χ2n) is 7.11. The van der Waals surface area contributed by atoms with Crippen molar-refractivity contribution in [2.24, 2.45) is 0 Å². The Balaban J connectivity index is 1.27. The van der Waals surface area contributed by atoms with E-state index >= 15 is 0 Å². The van der Waals surface area contributed by atoms with E-state index in [9.17, 15) is 9.59 Å². The first kappa shape index (κ1) is 20.1. The predicted octanol–water partition coefficient (Wildman–Crippen LogP) is 4.66. The molecule has 0 saturated carbocycles. The number of nitrogens with zero attached hydrogens (tertiary/aromatic N) is 1. The first-order valence-corrected chi connectivity index (χ1v) is 10.7. The van der Waals surface area contributed by atoms with Crippen LogP contribution < -0.4 is 10.1 Å². The van der Waals surface area contributed by atoms with Crippen molar-refractivity contribution < 1.29 is 19.1 Å².